The van der Waals surface area contributed by atoms with Crippen molar-refractivity contribution in [2.24, 2.45) is 0 Å². The van der Waals surface area contributed by atoms with Crippen LogP contribution in [0.4, 0.5) is 4.79 Å². The number of ether oxygens (including phenoxy) is 1. The van der Waals surface area contributed by atoms with Crippen LogP contribution in [0.2, 0.25) is 0 Å². The fourth-order valence-electron chi connectivity index (χ4n) is 1.99. The summed E-state index contributed by atoms with van der Waals surface area (Å²) in [6, 6.07) is 0. The summed E-state index contributed by atoms with van der Waals surface area (Å²) in [6.07, 6.45) is 0.549. The first-order chi connectivity index (χ1) is 9.22. The number of aryl methyl sites for hydroxylation is 1. The second-order valence-corrected chi connectivity index (χ2v) is 4.42. The van der Waals surface area contributed by atoms with Crippen molar-refractivity contribution in [2.45, 2.75) is 26.8 Å². The van der Waals surface area contributed by atoms with Crippen LogP contribution < -0.4 is 0 Å². The molecule has 1 saturated heterocycles. The molecule has 2 heterocycles. The normalized spacial score (nSPS) is 16.6. The van der Waals surface area contributed by atoms with Gasteiger partial charge in [0.25, 0.3) is 0 Å². The molecule has 0 aromatic carbocycles. The zero-order valence-corrected chi connectivity index (χ0v) is 11.5. The standard InChI is InChI=1S/C12H20N4O3/c1-3-10-13-11(19-14-10)9-15-5-7-16(8-6-15)12(17)18-4-2/h3-9H2,1-2H3. The van der Waals surface area contributed by atoms with Crippen molar-refractivity contribution in [3.63, 3.8) is 0 Å². The minimum Gasteiger partial charge on any atom is -0.450 e. The second-order valence-electron chi connectivity index (χ2n) is 4.42. The highest BCUT2D eigenvalue weighted by Crippen LogP contribution is 2.08. The van der Waals surface area contributed by atoms with Crippen LogP contribution >= 0.6 is 0 Å². The van der Waals surface area contributed by atoms with Gasteiger partial charge in [0, 0.05) is 32.6 Å². The maximum atomic E-state index is 11.5. The average Bonchev–Trinajstić information content (AvgIpc) is 2.87. The van der Waals surface area contributed by atoms with Gasteiger partial charge in [0.2, 0.25) is 5.89 Å². The SMILES string of the molecule is CCOC(=O)N1CCN(Cc2nc(CC)no2)CC1. The van der Waals surface area contributed by atoms with E-state index in [4.69, 9.17) is 9.26 Å². The summed E-state index contributed by atoms with van der Waals surface area (Å²) in [6.45, 7) is 7.80. The largest absolute Gasteiger partial charge is 0.450 e. The molecule has 7 nitrogen and oxygen atoms in total. The van der Waals surface area contributed by atoms with E-state index in [-0.39, 0.29) is 6.09 Å². The fraction of sp³-hybridized carbons (Fsp3) is 0.750. The number of piperazine rings is 1. The quantitative estimate of drug-likeness (QED) is 0.808. The average molecular weight is 268 g/mol. The van der Waals surface area contributed by atoms with Crippen molar-refractivity contribution in [3.8, 4) is 0 Å². The van der Waals surface area contributed by atoms with E-state index < -0.39 is 0 Å². The maximum absolute atomic E-state index is 11.5. The van der Waals surface area contributed by atoms with Gasteiger partial charge in [-0.1, -0.05) is 12.1 Å². The van der Waals surface area contributed by atoms with Gasteiger partial charge < -0.3 is 14.2 Å². The van der Waals surface area contributed by atoms with E-state index in [1.807, 2.05) is 13.8 Å². The molecule has 0 unspecified atom stereocenters. The molecule has 106 valence electrons. The molecule has 1 aliphatic heterocycles. The van der Waals surface area contributed by atoms with Gasteiger partial charge in [-0.3, -0.25) is 4.90 Å². The monoisotopic (exact) mass is 268 g/mol. The lowest BCUT2D eigenvalue weighted by Crippen LogP contribution is -2.48. The molecule has 1 aromatic heterocycles. The third kappa shape index (κ3) is 3.66. The van der Waals surface area contributed by atoms with Crippen LogP contribution in [0.1, 0.15) is 25.6 Å². The lowest BCUT2D eigenvalue weighted by Gasteiger charge is -2.33. The van der Waals surface area contributed by atoms with Crippen molar-refractivity contribution >= 4 is 6.09 Å². The summed E-state index contributed by atoms with van der Waals surface area (Å²) < 4.78 is 10.1. The van der Waals surface area contributed by atoms with E-state index in [0.29, 0.717) is 32.1 Å². The summed E-state index contributed by atoms with van der Waals surface area (Å²) >= 11 is 0. The van der Waals surface area contributed by atoms with Gasteiger partial charge in [-0.15, -0.1) is 0 Å². The van der Waals surface area contributed by atoms with Crippen LogP contribution in [0.3, 0.4) is 0 Å². The molecule has 0 radical (unpaired) electrons. The van der Waals surface area contributed by atoms with Crippen LogP contribution in [-0.2, 0) is 17.7 Å². The third-order valence-corrected chi connectivity index (χ3v) is 3.08. The Morgan fingerprint density at radius 2 is 2.05 bits per heavy atom. The Hall–Kier alpha value is -1.63. The highest BCUT2D eigenvalue weighted by molar-refractivity contribution is 5.67. The van der Waals surface area contributed by atoms with Gasteiger partial charge in [0.1, 0.15) is 0 Å². The lowest BCUT2D eigenvalue weighted by molar-refractivity contribution is 0.0749. The van der Waals surface area contributed by atoms with E-state index in [1.54, 1.807) is 4.90 Å². The van der Waals surface area contributed by atoms with Gasteiger partial charge in [-0.2, -0.15) is 4.98 Å². The van der Waals surface area contributed by atoms with Crippen LogP contribution in [0.5, 0.6) is 0 Å². The summed E-state index contributed by atoms with van der Waals surface area (Å²) in [7, 11) is 0. The number of hydrogen-bond donors (Lipinski definition) is 0. The molecule has 0 bridgehead atoms. The third-order valence-electron chi connectivity index (χ3n) is 3.08. The van der Waals surface area contributed by atoms with Gasteiger partial charge in [0.15, 0.2) is 5.82 Å². The molecular weight excluding hydrogens is 248 g/mol. The summed E-state index contributed by atoms with van der Waals surface area (Å²) in [5.41, 5.74) is 0. The van der Waals surface area contributed by atoms with Crippen molar-refractivity contribution in [3.05, 3.63) is 11.7 Å². The highest BCUT2D eigenvalue weighted by atomic mass is 16.6. The molecule has 2 rings (SSSR count). The van der Waals surface area contributed by atoms with E-state index in [1.165, 1.54) is 0 Å². The number of aromatic nitrogens is 2. The van der Waals surface area contributed by atoms with E-state index >= 15 is 0 Å². The van der Waals surface area contributed by atoms with Crippen molar-refractivity contribution in [1.82, 2.24) is 19.9 Å². The second kappa shape index (κ2) is 6.51. The van der Waals surface area contributed by atoms with Crippen LogP contribution in [0, 0.1) is 0 Å². The molecule has 1 aromatic rings. The number of nitrogens with zero attached hydrogens (tertiary/aromatic N) is 4. The number of rotatable bonds is 4. The van der Waals surface area contributed by atoms with E-state index in [0.717, 1.165) is 25.3 Å². The van der Waals surface area contributed by atoms with Crippen molar-refractivity contribution in [1.29, 1.82) is 0 Å². The topological polar surface area (TPSA) is 71.7 Å². The summed E-state index contributed by atoms with van der Waals surface area (Å²) in [5.74, 6) is 1.38. The van der Waals surface area contributed by atoms with Crippen LogP contribution in [0.25, 0.3) is 0 Å². The first-order valence-electron chi connectivity index (χ1n) is 6.68. The van der Waals surface area contributed by atoms with Crippen LogP contribution in [-0.4, -0.2) is 58.8 Å². The molecule has 1 aliphatic rings. The predicted octanol–water partition coefficient (Wildman–Crippen LogP) is 0.906. The predicted molar refractivity (Wildman–Crippen MR) is 67.5 cm³/mol. The molecule has 1 amide bonds. The van der Waals surface area contributed by atoms with E-state index in [9.17, 15) is 4.79 Å². The number of amides is 1. The molecular formula is C12H20N4O3. The van der Waals surface area contributed by atoms with Crippen LogP contribution in [0.15, 0.2) is 4.52 Å². The zero-order chi connectivity index (χ0) is 13.7. The Balaban J connectivity index is 1.78. The fourth-order valence-corrected chi connectivity index (χ4v) is 1.99. The van der Waals surface area contributed by atoms with Gasteiger partial charge in [-0.25, -0.2) is 4.79 Å². The molecule has 0 aliphatic carbocycles. The summed E-state index contributed by atoms with van der Waals surface area (Å²) in [5, 5.41) is 3.87. The molecule has 0 atom stereocenters. The Labute approximate surface area is 112 Å². The Morgan fingerprint density at radius 3 is 2.63 bits per heavy atom. The summed E-state index contributed by atoms with van der Waals surface area (Å²) in [4.78, 5) is 19.8. The molecule has 0 N–H and O–H groups in total. The Morgan fingerprint density at radius 1 is 1.32 bits per heavy atom. The molecule has 19 heavy (non-hydrogen) atoms. The minimum absolute atomic E-state index is 0.229. The van der Waals surface area contributed by atoms with Gasteiger partial charge in [0.05, 0.1) is 13.2 Å². The highest BCUT2D eigenvalue weighted by Gasteiger charge is 2.22. The molecule has 0 spiro atoms. The Bertz CT molecular complexity index is 413. The number of carbonyl (C=O) groups excluding carboxylic acids is 1. The molecule has 0 saturated carbocycles. The maximum Gasteiger partial charge on any atom is 0.409 e. The molecule has 7 heteroatoms. The number of hydrogen-bond acceptors (Lipinski definition) is 6. The smallest absolute Gasteiger partial charge is 0.409 e. The Kier molecular flexibility index (Phi) is 4.73. The minimum atomic E-state index is -0.229. The first-order valence-corrected chi connectivity index (χ1v) is 6.68. The van der Waals surface area contributed by atoms with Gasteiger partial charge >= 0.3 is 6.09 Å². The number of carbonyl (C=O) groups is 1. The molecule has 1 fully saturated rings. The zero-order valence-electron chi connectivity index (χ0n) is 11.5. The first kappa shape index (κ1) is 13.8. The lowest BCUT2D eigenvalue weighted by atomic mass is 10.3. The van der Waals surface area contributed by atoms with E-state index in [2.05, 4.69) is 15.0 Å². The van der Waals surface area contributed by atoms with Crippen molar-refractivity contribution < 1.29 is 14.1 Å². The van der Waals surface area contributed by atoms with Crippen molar-refractivity contribution in [2.75, 3.05) is 32.8 Å². The van der Waals surface area contributed by atoms with Gasteiger partial charge in [-0.05, 0) is 6.92 Å².